The van der Waals surface area contributed by atoms with Gasteiger partial charge in [0.05, 0.1) is 7.11 Å². The van der Waals surface area contributed by atoms with Gasteiger partial charge in [-0.25, -0.2) is 0 Å². The van der Waals surface area contributed by atoms with Crippen LogP contribution >= 0.6 is 11.8 Å². The highest BCUT2D eigenvalue weighted by molar-refractivity contribution is 7.98. The van der Waals surface area contributed by atoms with Gasteiger partial charge in [-0.05, 0) is 43.0 Å². The Hall–Kier alpha value is -2.27. The van der Waals surface area contributed by atoms with E-state index >= 15 is 0 Å². The van der Waals surface area contributed by atoms with Crippen LogP contribution in [0.3, 0.4) is 0 Å². The zero-order valence-corrected chi connectivity index (χ0v) is 15.4. The third-order valence-corrected chi connectivity index (χ3v) is 4.80. The first kappa shape index (κ1) is 17.5. The van der Waals surface area contributed by atoms with Crippen LogP contribution in [0.4, 0.5) is 0 Å². The molecule has 25 heavy (non-hydrogen) atoms. The number of hydrogen-bond acceptors (Lipinski definition) is 5. The minimum atomic E-state index is 0.640. The van der Waals surface area contributed by atoms with Crippen LogP contribution in [0.2, 0.25) is 0 Å². The lowest BCUT2D eigenvalue weighted by molar-refractivity contribution is 0.409. The van der Waals surface area contributed by atoms with Crippen molar-refractivity contribution >= 4 is 11.8 Å². The molecule has 0 N–H and O–H groups in total. The summed E-state index contributed by atoms with van der Waals surface area (Å²) in [5, 5.41) is 8.92. The van der Waals surface area contributed by atoms with Gasteiger partial charge in [-0.1, -0.05) is 53.7 Å². The van der Waals surface area contributed by atoms with Gasteiger partial charge in [0.2, 0.25) is 5.89 Å². The molecular weight excluding hydrogens is 332 g/mol. The van der Waals surface area contributed by atoms with Crippen LogP contribution in [0.1, 0.15) is 29.0 Å². The fourth-order valence-electron chi connectivity index (χ4n) is 2.58. The van der Waals surface area contributed by atoms with E-state index in [1.807, 2.05) is 12.1 Å². The van der Waals surface area contributed by atoms with Crippen molar-refractivity contribution in [2.24, 2.45) is 0 Å². The number of benzene rings is 2. The Morgan fingerprint density at radius 2 is 1.84 bits per heavy atom. The quantitative estimate of drug-likeness (QED) is 0.541. The Balaban J connectivity index is 1.44. The molecule has 0 amide bonds. The van der Waals surface area contributed by atoms with Gasteiger partial charge in [-0.2, -0.15) is 0 Å². The zero-order chi connectivity index (χ0) is 17.5. The van der Waals surface area contributed by atoms with Crippen molar-refractivity contribution in [1.82, 2.24) is 10.2 Å². The lowest BCUT2D eigenvalue weighted by Gasteiger charge is -2.02. The topological polar surface area (TPSA) is 48.2 Å². The fourth-order valence-corrected chi connectivity index (χ4v) is 3.30. The maximum atomic E-state index is 5.73. The summed E-state index contributed by atoms with van der Waals surface area (Å²) in [6, 6.07) is 16.6. The largest absolute Gasteiger partial charge is 0.497 e. The average Bonchev–Trinajstić information content (AvgIpc) is 3.08. The molecule has 0 aliphatic carbocycles. The molecule has 0 spiro atoms. The first-order valence-electron chi connectivity index (χ1n) is 8.36. The van der Waals surface area contributed by atoms with Crippen molar-refractivity contribution in [1.29, 1.82) is 0 Å². The number of methoxy groups -OCH3 is 1. The summed E-state index contributed by atoms with van der Waals surface area (Å²) in [6.45, 7) is 2.10. The van der Waals surface area contributed by atoms with Gasteiger partial charge in [-0.3, -0.25) is 0 Å². The minimum Gasteiger partial charge on any atom is -0.497 e. The maximum absolute atomic E-state index is 5.73. The normalized spacial score (nSPS) is 10.8. The molecule has 4 nitrogen and oxygen atoms in total. The van der Waals surface area contributed by atoms with Crippen LogP contribution in [-0.2, 0) is 18.6 Å². The van der Waals surface area contributed by atoms with Crippen molar-refractivity contribution in [3.8, 4) is 5.75 Å². The van der Waals surface area contributed by atoms with Gasteiger partial charge < -0.3 is 9.15 Å². The molecule has 0 bridgehead atoms. The summed E-state index contributed by atoms with van der Waals surface area (Å²) in [6.07, 6.45) is 2.76. The molecule has 0 aliphatic rings. The summed E-state index contributed by atoms with van der Waals surface area (Å²) in [5.74, 6) is 2.44. The Morgan fingerprint density at radius 1 is 1.00 bits per heavy atom. The van der Waals surface area contributed by atoms with Gasteiger partial charge in [0.1, 0.15) is 5.75 Å². The van der Waals surface area contributed by atoms with Crippen LogP contribution in [-0.4, -0.2) is 17.3 Å². The van der Waals surface area contributed by atoms with E-state index in [1.165, 1.54) is 16.7 Å². The second kappa shape index (κ2) is 8.72. The summed E-state index contributed by atoms with van der Waals surface area (Å²) < 4.78 is 10.9. The second-order valence-electron chi connectivity index (χ2n) is 5.94. The molecule has 0 fully saturated rings. The molecule has 0 saturated carbocycles. The van der Waals surface area contributed by atoms with E-state index in [9.17, 15) is 0 Å². The molecule has 130 valence electrons. The van der Waals surface area contributed by atoms with E-state index < -0.39 is 0 Å². The molecule has 0 unspecified atom stereocenters. The highest BCUT2D eigenvalue weighted by atomic mass is 32.2. The number of nitrogens with zero attached hydrogens (tertiary/aromatic N) is 2. The van der Waals surface area contributed by atoms with E-state index in [0.717, 1.165) is 30.8 Å². The van der Waals surface area contributed by atoms with Crippen molar-refractivity contribution in [3.63, 3.8) is 0 Å². The number of ether oxygens (including phenoxy) is 1. The molecule has 0 saturated heterocycles. The monoisotopic (exact) mass is 354 g/mol. The Bertz CT molecular complexity index is 799. The predicted octanol–water partition coefficient (Wildman–Crippen LogP) is 4.85. The van der Waals surface area contributed by atoms with Crippen LogP contribution < -0.4 is 4.74 Å². The number of thioether (sulfide) groups is 1. The SMILES string of the molecule is COc1ccc(CCCc2nnc(SCc3cccc(C)c3)o2)cc1. The molecule has 3 rings (SSSR count). The third kappa shape index (κ3) is 5.36. The van der Waals surface area contributed by atoms with E-state index in [1.54, 1.807) is 18.9 Å². The van der Waals surface area contributed by atoms with Crippen molar-refractivity contribution < 1.29 is 9.15 Å². The van der Waals surface area contributed by atoms with Crippen molar-refractivity contribution in [2.75, 3.05) is 7.11 Å². The predicted molar refractivity (Wildman–Crippen MR) is 100 cm³/mol. The average molecular weight is 354 g/mol. The van der Waals surface area contributed by atoms with Crippen LogP contribution in [0.5, 0.6) is 5.75 Å². The van der Waals surface area contributed by atoms with E-state index in [-0.39, 0.29) is 0 Å². The van der Waals surface area contributed by atoms with Crippen LogP contribution in [0.15, 0.2) is 58.2 Å². The highest BCUT2D eigenvalue weighted by Crippen LogP contribution is 2.22. The zero-order valence-electron chi connectivity index (χ0n) is 14.6. The molecule has 5 heteroatoms. The molecule has 0 atom stereocenters. The minimum absolute atomic E-state index is 0.640. The molecular formula is C20H22N2O2S. The van der Waals surface area contributed by atoms with E-state index in [0.29, 0.717) is 11.1 Å². The number of rotatable bonds is 8. The third-order valence-electron chi connectivity index (χ3n) is 3.91. The maximum Gasteiger partial charge on any atom is 0.276 e. The van der Waals surface area contributed by atoms with Gasteiger partial charge in [0.15, 0.2) is 0 Å². The molecule has 0 aliphatic heterocycles. The second-order valence-corrected chi connectivity index (χ2v) is 6.87. The van der Waals surface area contributed by atoms with E-state index in [4.69, 9.17) is 9.15 Å². The van der Waals surface area contributed by atoms with Crippen molar-refractivity contribution in [2.45, 2.75) is 37.2 Å². The Kier molecular flexibility index (Phi) is 6.12. The Labute approximate surface area is 152 Å². The molecule has 2 aromatic carbocycles. The summed E-state index contributed by atoms with van der Waals surface area (Å²) in [4.78, 5) is 0. The van der Waals surface area contributed by atoms with E-state index in [2.05, 4.69) is 53.5 Å². The first-order chi connectivity index (χ1) is 12.2. The summed E-state index contributed by atoms with van der Waals surface area (Å²) in [5.41, 5.74) is 3.82. The van der Waals surface area contributed by atoms with Gasteiger partial charge in [-0.15, -0.1) is 10.2 Å². The lowest BCUT2D eigenvalue weighted by atomic mass is 10.1. The van der Waals surface area contributed by atoms with Gasteiger partial charge in [0.25, 0.3) is 5.22 Å². The fraction of sp³-hybridized carbons (Fsp3) is 0.300. The molecule has 0 radical (unpaired) electrons. The van der Waals surface area contributed by atoms with Gasteiger partial charge in [0, 0.05) is 12.2 Å². The number of aryl methyl sites for hydroxylation is 3. The highest BCUT2D eigenvalue weighted by Gasteiger charge is 2.07. The van der Waals surface area contributed by atoms with Crippen LogP contribution in [0.25, 0.3) is 0 Å². The summed E-state index contributed by atoms with van der Waals surface area (Å²) in [7, 11) is 1.68. The molecule has 1 heterocycles. The Morgan fingerprint density at radius 3 is 2.60 bits per heavy atom. The first-order valence-corrected chi connectivity index (χ1v) is 9.35. The van der Waals surface area contributed by atoms with Gasteiger partial charge >= 0.3 is 0 Å². The number of hydrogen-bond donors (Lipinski definition) is 0. The lowest BCUT2D eigenvalue weighted by Crippen LogP contribution is -1.91. The summed E-state index contributed by atoms with van der Waals surface area (Å²) >= 11 is 1.58. The number of aromatic nitrogens is 2. The molecule has 3 aromatic rings. The standard InChI is InChI=1S/C20H22N2O2S/c1-15-5-3-7-17(13-15)14-25-20-22-21-19(24-20)8-4-6-16-9-11-18(23-2)12-10-16/h3,5,7,9-13H,4,6,8,14H2,1-2H3. The van der Waals surface area contributed by atoms with Crippen LogP contribution in [0, 0.1) is 6.92 Å². The molecule has 1 aromatic heterocycles. The smallest absolute Gasteiger partial charge is 0.276 e. The van der Waals surface area contributed by atoms with Crippen molar-refractivity contribution in [3.05, 3.63) is 71.1 Å².